The first-order valence-corrected chi connectivity index (χ1v) is 4.61. The van der Waals surface area contributed by atoms with Crippen molar-refractivity contribution in [2.24, 2.45) is 23.2 Å². The van der Waals surface area contributed by atoms with E-state index in [2.05, 4.69) is 20.8 Å². The smallest absolute Gasteiger partial charge is 0.139 e. The molecule has 3 unspecified atom stereocenters. The van der Waals surface area contributed by atoms with Gasteiger partial charge >= 0.3 is 0 Å². The van der Waals surface area contributed by atoms with Gasteiger partial charge in [0.05, 0.1) is 0 Å². The molecule has 0 amide bonds. The van der Waals surface area contributed by atoms with E-state index in [4.69, 9.17) is 0 Å². The van der Waals surface area contributed by atoms with Crippen LogP contribution in [0.2, 0.25) is 0 Å². The van der Waals surface area contributed by atoms with Gasteiger partial charge in [0.15, 0.2) is 0 Å². The number of rotatable bonds is 1. The van der Waals surface area contributed by atoms with Crippen LogP contribution in [0.15, 0.2) is 0 Å². The molecule has 2 rings (SSSR count). The van der Waals surface area contributed by atoms with Gasteiger partial charge in [-0.15, -0.1) is 0 Å². The van der Waals surface area contributed by atoms with Crippen LogP contribution in [0.4, 0.5) is 0 Å². The molecule has 1 nitrogen and oxygen atoms in total. The molecule has 2 fully saturated rings. The number of carbonyl (C=O) groups excluding carboxylic acids is 1. The third-order valence-corrected chi connectivity index (χ3v) is 3.78. The minimum atomic E-state index is 0.358. The Hall–Kier alpha value is -0.330. The quantitative estimate of drug-likeness (QED) is 0.563. The molecule has 0 aromatic carbocycles. The van der Waals surface area contributed by atoms with Crippen molar-refractivity contribution in [3.05, 3.63) is 0 Å². The van der Waals surface area contributed by atoms with Gasteiger partial charge in [0, 0.05) is 11.8 Å². The second kappa shape index (κ2) is 1.88. The summed E-state index contributed by atoms with van der Waals surface area (Å²) in [6.07, 6.45) is 2.35. The van der Waals surface area contributed by atoms with Crippen molar-refractivity contribution < 1.29 is 4.79 Å². The maximum atomic E-state index is 11.5. The van der Waals surface area contributed by atoms with Gasteiger partial charge < -0.3 is 0 Å². The van der Waals surface area contributed by atoms with Crippen molar-refractivity contribution >= 4 is 5.78 Å². The zero-order valence-electron chi connectivity index (χ0n) is 7.55. The van der Waals surface area contributed by atoms with Crippen LogP contribution >= 0.6 is 0 Å². The average molecular weight is 152 g/mol. The molecule has 2 aliphatic rings. The third-order valence-electron chi connectivity index (χ3n) is 3.78. The Bertz CT molecular complexity index is 207. The molecule has 0 aliphatic heterocycles. The van der Waals surface area contributed by atoms with Crippen LogP contribution in [-0.4, -0.2) is 5.78 Å². The monoisotopic (exact) mass is 152 g/mol. The van der Waals surface area contributed by atoms with E-state index < -0.39 is 0 Å². The summed E-state index contributed by atoms with van der Waals surface area (Å²) in [4.78, 5) is 11.5. The lowest BCUT2D eigenvalue weighted by Crippen LogP contribution is -2.09. The number of carbonyl (C=O) groups is 1. The fraction of sp³-hybridized carbons (Fsp3) is 0.900. The van der Waals surface area contributed by atoms with Gasteiger partial charge in [-0.1, -0.05) is 20.8 Å². The molecule has 3 atom stereocenters. The van der Waals surface area contributed by atoms with Crippen molar-refractivity contribution in [1.29, 1.82) is 0 Å². The molecule has 0 aromatic heterocycles. The minimum Gasteiger partial charge on any atom is -0.299 e. The molecule has 1 heteroatoms. The van der Waals surface area contributed by atoms with Gasteiger partial charge in [-0.25, -0.2) is 0 Å². The van der Waals surface area contributed by atoms with Crippen LogP contribution in [0.1, 0.15) is 33.6 Å². The molecule has 11 heavy (non-hydrogen) atoms. The van der Waals surface area contributed by atoms with Crippen LogP contribution in [0.25, 0.3) is 0 Å². The van der Waals surface area contributed by atoms with E-state index >= 15 is 0 Å². The fourth-order valence-electron chi connectivity index (χ4n) is 2.82. The summed E-state index contributed by atoms with van der Waals surface area (Å²) in [6.45, 7) is 6.59. The van der Waals surface area contributed by atoms with Gasteiger partial charge in [0.1, 0.15) is 5.78 Å². The van der Waals surface area contributed by atoms with Crippen LogP contribution in [0, 0.1) is 23.2 Å². The Morgan fingerprint density at radius 1 is 1.45 bits per heavy atom. The molecule has 0 aromatic rings. The van der Waals surface area contributed by atoms with Gasteiger partial charge in [-0.3, -0.25) is 4.79 Å². The predicted octanol–water partition coefficient (Wildman–Crippen LogP) is 2.26. The highest BCUT2D eigenvalue weighted by atomic mass is 16.1. The minimum absolute atomic E-state index is 0.358. The SMILES string of the molecule is CC1CC2(C(C)C)CC2C1=O. The van der Waals surface area contributed by atoms with E-state index in [1.54, 1.807) is 0 Å². The first kappa shape index (κ1) is 7.33. The van der Waals surface area contributed by atoms with Gasteiger partial charge in [-0.2, -0.15) is 0 Å². The molecule has 2 saturated carbocycles. The number of ketones is 1. The van der Waals surface area contributed by atoms with E-state index in [0.29, 0.717) is 29.0 Å². The van der Waals surface area contributed by atoms with E-state index in [1.165, 1.54) is 6.42 Å². The van der Waals surface area contributed by atoms with Crippen molar-refractivity contribution in [2.45, 2.75) is 33.6 Å². The summed E-state index contributed by atoms with van der Waals surface area (Å²) in [7, 11) is 0. The highest BCUT2D eigenvalue weighted by Gasteiger charge is 2.65. The second-order valence-electron chi connectivity index (χ2n) is 4.65. The highest BCUT2D eigenvalue weighted by Crippen LogP contribution is 2.67. The first-order valence-electron chi connectivity index (χ1n) is 4.61. The summed E-state index contributed by atoms with van der Waals surface area (Å²) >= 11 is 0. The summed E-state index contributed by atoms with van der Waals surface area (Å²) in [6, 6.07) is 0. The average Bonchev–Trinajstić information content (AvgIpc) is 2.57. The zero-order chi connectivity index (χ0) is 8.22. The maximum Gasteiger partial charge on any atom is 0.139 e. The Morgan fingerprint density at radius 3 is 2.36 bits per heavy atom. The molecule has 0 heterocycles. The molecular formula is C10H16O. The van der Waals surface area contributed by atoms with Crippen LogP contribution < -0.4 is 0 Å². The number of hydrogen-bond donors (Lipinski definition) is 0. The lowest BCUT2D eigenvalue weighted by Gasteiger charge is -2.16. The van der Waals surface area contributed by atoms with Crippen LogP contribution in [0.3, 0.4) is 0 Å². The van der Waals surface area contributed by atoms with Crippen molar-refractivity contribution in [2.75, 3.05) is 0 Å². The Balaban J connectivity index is 2.20. The largest absolute Gasteiger partial charge is 0.299 e. The maximum absolute atomic E-state index is 11.5. The lowest BCUT2D eigenvalue weighted by atomic mass is 9.88. The first-order chi connectivity index (χ1) is 5.08. The normalized spacial score (nSPS) is 48.2. The Morgan fingerprint density at radius 2 is 2.09 bits per heavy atom. The van der Waals surface area contributed by atoms with E-state index in [9.17, 15) is 4.79 Å². The Kier molecular flexibility index (Phi) is 1.25. The molecule has 0 spiro atoms. The molecule has 62 valence electrons. The standard InChI is InChI=1S/C10H16O/c1-6(2)10-4-7(3)9(11)8(10)5-10/h6-8H,4-5H2,1-3H3. The third kappa shape index (κ3) is 0.743. The van der Waals surface area contributed by atoms with Crippen molar-refractivity contribution in [3.63, 3.8) is 0 Å². The van der Waals surface area contributed by atoms with E-state index in [-0.39, 0.29) is 0 Å². The number of hydrogen-bond acceptors (Lipinski definition) is 1. The molecule has 0 radical (unpaired) electrons. The van der Waals surface area contributed by atoms with Crippen LogP contribution in [0.5, 0.6) is 0 Å². The molecule has 0 saturated heterocycles. The Labute approximate surface area is 68.2 Å². The predicted molar refractivity (Wildman–Crippen MR) is 44.2 cm³/mol. The van der Waals surface area contributed by atoms with Gasteiger partial charge in [0.2, 0.25) is 0 Å². The summed E-state index contributed by atoms with van der Waals surface area (Å²) < 4.78 is 0. The molecule has 0 bridgehead atoms. The number of fused-ring (bicyclic) bond motifs is 1. The molecule has 2 aliphatic carbocycles. The summed E-state index contributed by atoms with van der Waals surface area (Å²) in [5.74, 6) is 2.06. The topological polar surface area (TPSA) is 17.1 Å². The zero-order valence-corrected chi connectivity index (χ0v) is 7.55. The summed E-state index contributed by atoms with van der Waals surface area (Å²) in [5.41, 5.74) is 0.455. The van der Waals surface area contributed by atoms with Gasteiger partial charge in [-0.05, 0) is 24.2 Å². The van der Waals surface area contributed by atoms with E-state index in [1.807, 2.05) is 0 Å². The van der Waals surface area contributed by atoms with Crippen molar-refractivity contribution in [1.82, 2.24) is 0 Å². The molecule has 0 N–H and O–H groups in total. The fourth-order valence-corrected chi connectivity index (χ4v) is 2.82. The van der Waals surface area contributed by atoms with E-state index in [0.717, 1.165) is 6.42 Å². The van der Waals surface area contributed by atoms with Gasteiger partial charge in [0.25, 0.3) is 0 Å². The van der Waals surface area contributed by atoms with Crippen molar-refractivity contribution in [3.8, 4) is 0 Å². The highest BCUT2D eigenvalue weighted by molar-refractivity contribution is 5.89. The summed E-state index contributed by atoms with van der Waals surface area (Å²) in [5, 5.41) is 0. The van der Waals surface area contributed by atoms with Crippen LogP contribution in [-0.2, 0) is 4.79 Å². The number of Topliss-reactive ketones (excluding diaryl/α,β-unsaturated/α-hetero) is 1. The second-order valence-corrected chi connectivity index (χ2v) is 4.65. The lowest BCUT2D eigenvalue weighted by molar-refractivity contribution is -0.122. The molecular weight excluding hydrogens is 136 g/mol.